The highest BCUT2D eigenvalue weighted by atomic mass is 35.5. The topological polar surface area (TPSA) is 73.2 Å². The lowest BCUT2D eigenvalue weighted by Gasteiger charge is -2.10. The van der Waals surface area contributed by atoms with E-state index in [9.17, 15) is 9.59 Å². The van der Waals surface area contributed by atoms with E-state index in [1.165, 1.54) is 13.2 Å². The third kappa shape index (κ3) is 2.96. The maximum atomic E-state index is 12.3. The molecule has 7 heteroatoms. The number of amides is 1. The van der Waals surface area contributed by atoms with E-state index in [4.69, 9.17) is 16.3 Å². The Morgan fingerprint density at radius 2 is 2.00 bits per heavy atom. The van der Waals surface area contributed by atoms with E-state index in [-0.39, 0.29) is 0 Å². The summed E-state index contributed by atoms with van der Waals surface area (Å²) in [6, 6.07) is 4.77. The third-order valence-electron chi connectivity index (χ3n) is 3.35. The van der Waals surface area contributed by atoms with E-state index >= 15 is 0 Å². The molecule has 116 valence electrons. The molecule has 0 bridgehead atoms. The normalized spacial score (nSPS) is 10.4. The molecule has 0 aliphatic heterocycles. The van der Waals surface area contributed by atoms with E-state index < -0.39 is 11.7 Å². The Balaban J connectivity index is 2.29. The predicted molar refractivity (Wildman–Crippen MR) is 83.6 cm³/mol. The summed E-state index contributed by atoms with van der Waals surface area (Å²) in [6.45, 7) is 3.42. The van der Waals surface area contributed by atoms with Crippen molar-refractivity contribution in [2.45, 2.75) is 13.8 Å². The molecule has 2 rings (SSSR count). The van der Waals surface area contributed by atoms with E-state index in [2.05, 4.69) is 10.4 Å². The number of halogens is 1. The summed E-state index contributed by atoms with van der Waals surface area (Å²) in [7, 11) is 3.19. The van der Waals surface area contributed by atoms with Gasteiger partial charge >= 0.3 is 0 Å². The Kier molecular flexibility index (Phi) is 4.51. The molecule has 0 saturated heterocycles. The average Bonchev–Trinajstić information content (AvgIpc) is 2.71. The predicted octanol–water partition coefficient (Wildman–Crippen LogP) is 2.52. The van der Waals surface area contributed by atoms with Crippen LogP contribution in [0.15, 0.2) is 18.2 Å². The average molecular weight is 322 g/mol. The van der Waals surface area contributed by atoms with Crippen LogP contribution >= 0.6 is 11.6 Å². The van der Waals surface area contributed by atoms with E-state index in [0.29, 0.717) is 33.4 Å². The minimum atomic E-state index is -0.764. The van der Waals surface area contributed by atoms with Crippen LogP contribution in [0.25, 0.3) is 0 Å². The van der Waals surface area contributed by atoms with Gasteiger partial charge in [-0.2, -0.15) is 5.10 Å². The van der Waals surface area contributed by atoms with Crippen molar-refractivity contribution >= 4 is 29.0 Å². The number of carbonyl (C=O) groups excluding carboxylic acids is 2. The number of benzene rings is 1. The van der Waals surface area contributed by atoms with Crippen LogP contribution in [0.4, 0.5) is 5.69 Å². The first-order chi connectivity index (χ1) is 10.3. The molecular weight excluding hydrogens is 306 g/mol. The van der Waals surface area contributed by atoms with Crippen molar-refractivity contribution in [2.75, 3.05) is 12.4 Å². The molecule has 1 heterocycles. The molecule has 0 unspecified atom stereocenters. The molecule has 0 radical (unpaired) electrons. The second-order valence-electron chi connectivity index (χ2n) is 4.80. The Morgan fingerprint density at radius 1 is 1.32 bits per heavy atom. The van der Waals surface area contributed by atoms with Gasteiger partial charge in [-0.1, -0.05) is 11.6 Å². The van der Waals surface area contributed by atoms with Gasteiger partial charge in [0.1, 0.15) is 5.75 Å². The van der Waals surface area contributed by atoms with Crippen LogP contribution < -0.4 is 10.1 Å². The summed E-state index contributed by atoms with van der Waals surface area (Å²) in [4.78, 5) is 24.6. The van der Waals surface area contributed by atoms with Crippen molar-refractivity contribution in [2.24, 2.45) is 7.05 Å². The van der Waals surface area contributed by atoms with Crippen LogP contribution in [0, 0.1) is 13.8 Å². The largest absolute Gasteiger partial charge is 0.495 e. The Bertz CT molecular complexity index is 753. The van der Waals surface area contributed by atoms with Crippen LogP contribution in [0.1, 0.15) is 21.7 Å². The second-order valence-corrected chi connectivity index (χ2v) is 5.23. The van der Waals surface area contributed by atoms with Crippen molar-refractivity contribution in [1.82, 2.24) is 9.78 Å². The number of Topliss-reactive ketones (excluding diaryl/α,β-unsaturated/α-hetero) is 1. The lowest BCUT2D eigenvalue weighted by molar-refractivity contribution is -0.112. The van der Waals surface area contributed by atoms with Gasteiger partial charge in [0.05, 0.1) is 24.1 Å². The fraction of sp³-hybridized carbons (Fsp3) is 0.267. The molecule has 1 amide bonds. The molecule has 1 aromatic heterocycles. The van der Waals surface area contributed by atoms with E-state index in [0.717, 1.165) is 0 Å². The van der Waals surface area contributed by atoms with Gasteiger partial charge in [0.15, 0.2) is 0 Å². The first kappa shape index (κ1) is 16.0. The van der Waals surface area contributed by atoms with E-state index in [1.807, 2.05) is 0 Å². The van der Waals surface area contributed by atoms with Crippen molar-refractivity contribution in [3.05, 3.63) is 40.2 Å². The Morgan fingerprint density at radius 3 is 2.55 bits per heavy atom. The lowest BCUT2D eigenvalue weighted by Crippen LogP contribution is -2.24. The fourth-order valence-corrected chi connectivity index (χ4v) is 2.34. The number of ketones is 1. The monoisotopic (exact) mass is 321 g/mol. The first-order valence-electron chi connectivity index (χ1n) is 6.54. The summed E-state index contributed by atoms with van der Waals surface area (Å²) in [5, 5.41) is 7.10. The molecule has 22 heavy (non-hydrogen) atoms. The molecule has 0 spiro atoms. The fourth-order valence-electron chi connectivity index (χ4n) is 2.17. The standard InChI is InChI=1S/C15H16ClN3O3/c1-8-13(9(2)19(3)18-8)14(20)15(21)17-11-7-10(16)5-6-12(11)22-4/h5-7H,1-4H3,(H,17,21). The minimum absolute atomic E-state index is 0.306. The molecule has 1 N–H and O–H groups in total. The molecule has 2 aromatic rings. The van der Waals surface area contributed by atoms with Gasteiger partial charge in [0.2, 0.25) is 0 Å². The smallest absolute Gasteiger partial charge is 0.297 e. The van der Waals surface area contributed by atoms with Gasteiger partial charge < -0.3 is 10.1 Å². The minimum Gasteiger partial charge on any atom is -0.495 e. The molecule has 0 fully saturated rings. The van der Waals surface area contributed by atoms with E-state index in [1.54, 1.807) is 37.7 Å². The zero-order valence-corrected chi connectivity index (χ0v) is 13.5. The number of methoxy groups -OCH3 is 1. The molecule has 1 aromatic carbocycles. The highest BCUT2D eigenvalue weighted by Gasteiger charge is 2.24. The number of nitrogens with one attached hydrogen (secondary N) is 1. The van der Waals surface area contributed by atoms with Crippen LogP contribution in [0.5, 0.6) is 5.75 Å². The molecule has 0 aliphatic carbocycles. The Hall–Kier alpha value is -2.34. The summed E-state index contributed by atoms with van der Waals surface area (Å²) in [5.41, 5.74) is 1.79. The summed E-state index contributed by atoms with van der Waals surface area (Å²) < 4.78 is 6.70. The van der Waals surface area contributed by atoms with Crippen molar-refractivity contribution < 1.29 is 14.3 Å². The maximum absolute atomic E-state index is 12.3. The SMILES string of the molecule is COc1ccc(Cl)cc1NC(=O)C(=O)c1c(C)nn(C)c1C. The van der Waals surface area contributed by atoms with Crippen LogP contribution in [-0.2, 0) is 11.8 Å². The molecule has 0 atom stereocenters. The number of rotatable bonds is 4. The van der Waals surface area contributed by atoms with Gasteiger partial charge in [-0.25, -0.2) is 0 Å². The number of nitrogens with zero attached hydrogens (tertiary/aromatic N) is 2. The lowest BCUT2D eigenvalue weighted by atomic mass is 10.1. The van der Waals surface area contributed by atoms with Crippen molar-refractivity contribution in [3.8, 4) is 5.75 Å². The summed E-state index contributed by atoms with van der Waals surface area (Å²) in [6.07, 6.45) is 0. The molecule has 0 aliphatic rings. The molecule has 6 nitrogen and oxygen atoms in total. The number of hydrogen-bond acceptors (Lipinski definition) is 4. The second kappa shape index (κ2) is 6.19. The number of aryl methyl sites for hydroxylation is 2. The van der Waals surface area contributed by atoms with Crippen molar-refractivity contribution in [3.63, 3.8) is 0 Å². The van der Waals surface area contributed by atoms with Gasteiger partial charge in [-0.05, 0) is 32.0 Å². The number of hydrogen-bond donors (Lipinski definition) is 1. The zero-order valence-electron chi connectivity index (χ0n) is 12.7. The van der Waals surface area contributed by atoms with Gasteiger partial charge in [-0.15, -0.1) is 0 Å². The number of aromatic nitrogens is 2. The van der Waals surface area contributed by atoms with Crippen molar-refractivity contribution in [1.29, 1.82) is 0 Å². The first-order valence-corrected chi connectivity index (χ1v) is 6.92. The van der Waals surface area contributed by atoms with Gasteiger partial charge in [0.25, 0.3) is 11.7 Å². The quantitative estimate of drug-likeness (QED) is 0.693. The van der Waals surface area contributed by atoms with Gasteiger partial charge in [0, 0.05) is 17.8 Å². The highest BCUT2D eigenvalue weighted by Crippen LogP contribution is 2.28. The molecule has 0 saturated carbocycles. The summed E-state index contributed by atoms with van der Waals surface area (Å²) >= 11 is 5.90. The number of ether oxygens (including phenoxy) is 1. The van der Waals surface area contributed by atoms with Crippen LogP contribution in [0.2, 0.25) is 5.02 Å². The van der Waals surface area contributed by atoms with Gasteiger partial charge in [-0.3, -0.25) is 14.3 Å². The molecular formula is C15H16ClN3O3. The highest BCUT2D eigenvalue weighted by molar-refractivity contribution is 6.47. The third-order valence-corrected chi connectivity index (χ3v) is 3.59. The van der Waals surface area contributed by atoms with Crippen LogP contribution in [-0.4, -0.2) is 28.6 Å². The zero-order chi connectivity index (χ0) is 16.4. The summed E-state index contributed by atoms with van der Waals surface area (Å²) in [5.74, 6) is -0.991. The Labute approximate surface area is 133 Å². The van der Waals surface area contributed by atoms with Crippen LogP contribution in [0.3, 0.4) is 0 Å². The maximum Gasteiger partial charge on any atom is 0.297 e. The number of anilines is 1. The number of carbonyl (C=O) groups is 2.